The summed E-state index contributed by atoms with van der Waals surface area (Å²) in [5.74, 6) is 0.745. The number of allylic oxidation sites excluding steroid dienone is 2. The van der Waals surface area contributed by atoms with Gasteiger partial charge < -0.3 is 0 Å². The van der Waals surface area contributed by atoms with Gasteiger partial charge in [-0.15, -0.1) is 0 Å². The lowest BCUT2D eigenvalue weighted by molar-refractivity contribution is 1.10. The van der Waals surface area contributed by atoms with E-state index in [0.717, 1.165) is 11.5 Å². The average Bonchev–Trinajstić information content (AvgIpc) is 2.50. The Morgan fingerprint density at radius 2 is 2.38 bits per heavy atom. The van der Waals surface area contributed by atoms with E-state index >= 15 is 0 Å². The molecule has 1 heteroatoms. The van der Waals surface area contributed by atoms with E-state index in [4.69, 9.17) is 5.26 Å². The highest BCUT2D eigenvalue weighted by Crippen LogP contribution is 2.30. The van der Waals surface area contributed by atoms with Crippen LogP contribution in [-0.2, 0) is 0 Å². The first-order chi connectivity index (χ1) is 3.83. The van der Waals surface area contributed by atoms with Crippen molar-refractivity contribution in [3.05, 3.63) is 11.6 Å². The molecule has 0 saturated heterocycles. The van der Waals surface area contributed by atoms with Crippen molar-refractivity contribution in [3.63, 3.8) is 0 Å². The fourth-order valence-electron chi connectivity index (χ4n) is 0.654. The van der Waals surface area contributed by atoms with Gasteiger partial charge in [0.25, 0.3) is 0 Å². The van der Waals surface area contributed by atoms with Crippen molar-refractivity contribution in [2.75, 3.05) is 0 Å². The molecule has 0 aromatic carbocycles. The number of hydrogen-bond acceptors (Lipinski definition) is 1. The molecule has 0 N–H and O–H groups in total. The quantitative estimate of drug-likeness (QED) is 0.469. The van der Waals surface area contributed by atoms with Crippen LogP contribution in [0.4, 0.5) is 0 Å². The SMILES string of the molecule is C/C(C#N)=C/C1CC1. The third kappa shape index (κ3) is 1.38. The molecule has 8 heavy (non-hydrogen) atoms. The molecule has 1 fully saturated rings. The molecule has 0 aromatic rings. The molecule has 0 spiro atoms. The fourth-order valence-corrected chi connectivity index (χ4v) is 0.654. The molecule has 1 rings (SSSR count). The molecule has 0 aliphatic heterocycles. The Morgan fingerprint density at radius 3 is 2.75 bits per heavy atom. The van der Waals surface area contributed by atoms with E-state index in [1.54, 1.807) is 0 Å². The number of nitrogens with zero attached hydrogens (tertiary/aromatic N) is 1. The van der Waals surface area contributed by atoms with Gasteiger partial charge in [0.1, 0.15) is 0 Å². The van der Waals surface area contributed by atoms with E-state index < -0.39 is 0 Å². The normalized spacial score (nSPS) is 20.2. The van der Waals surface area contributed by atoms with Crippen molar-refractivity contribution < 1.29 is 0 Å². The van der Waals surface area contributed by atoms with Gasteiger partial charge in [-0.3, -0.25) is 0 Å². The summed E-state index contributed by atoms with van der Waals surface area (Å²) in [5, 5.41) is 8.29. The molecule has 1 saturated carbocycles. The summed E-state index contributed by atoms with van der Waals surface area (Å²) in [7, 11) is 0. The van der Waals surface area contributed by atoms with Gasteiger partial charge in [0.2, 0.25) is 0 Å². The minimum atomic E-state index is 0.745. The van der Waals surface area contributed by atoms with Crippen LogP contribution in [0.3, 0.4) is 0 Å². The topological polar surface area (TPSA) is 23.8 Å². The summed E-state index contributed by atoms with van der Waals surface area (Å²) < 4.78 is 0. The van der Waals surface area contributed by atoms with Crippen molar-refractivity contribution in [2.24, 2.45) is 5.92 Å². The van der Waals surface area contributed by atoms with Gasteiger partial charge in [-0.25, -0.2) is 0 Å². The van der Waals surface area contributed by atoms with Gasteiger partial charge >= 0.3 is 0 Å². The molecular formula is C7H9N. The van der Waals surface area contributed by atoms with E-state index in [2.05, 4.69) is 12.1 Å². The Kier molecular flexibility index (Phi) is 1.34. The molecule has 0 aromatic heterocycles. The lowest BCUT2D eigenvalue weighted by Gasteiger charge is -1.79. The van der Waals surface area contributed by atoms with Crippen LogP contribution in [0.15, 0.2) is 11.6 Å². The van der Waals surface area contributed by atoms with Gasteiger partial charge in [0.15, 0.2) is 0 Å². The van der Waals surface area contributed by atoms with E-state index in [9.17, 15) is 0 Å². The predicted molar refractivity (Wildman–Crippen MR) is 32.1 cm³/mol. The zero-order chi connectivity index (χ0) is 5.98. The minimum Gasteiger partial charge on any atom is -0.193 e. The molecule has 0 unspecified atom stereocenters. The molecule has 0 amide bonds. The Hall–Kier alpha value is -0.770. The highest BCUT2D eigenvalue weighted by atomic mass is 14.3. The van der Waals surface area contributed by atoms with Gasteiger partial charge in [0, 0.05) is 5.57 Å². The van der Waals surface area contributed by atoms with Crippen molar-refractivity contribution in [1.29, 1.82) is 5.26 Å². The molecule has 1 nitrogen and oxygen atoms in total. The Labute approximate surface area is 49.6 Å². The van der Waals surface area contributed by atoms with Crippen molar-refractivity contribution in [1.82, 2.24) is 0 Å². The maximum atomic E-state index is 8.29. The van der Waals surface area contributed by atoms with E-state index in [1.807, 2.05) is 6.92 Å². The van der Waals surface area contributed by atoms with Crippen molar-refractivity contribution in [3.8, 4) is 6.07 Å². The first-order valence-corrected chi connectivity index (χ1v) is 2.91. The van der Waals surface area contributed by atoms with Crippen LogP contribution in [0.5, 0.6) is 0 Å². The lowest BCUT2D eigenvalue weighted by Crippen LogP contribution is -1.68. The van der Waals surface area contributed by atoms with E-state index in [-0.39, 0.29) is 0 Å². The molecule has 42 valence electrons. The Morgan fingerprint density at radius 1 is 1.75 bits per heavy atom. The van der Waals surface area contributed by atoms with Crippen LogP contribution in [0.25, 0.3) is 0 Å². The third-order valence-electron chi connectivity index (χ3n) is 1.28. The zero-order valence-electron chi connectivity index (χ0n) is 5.02. The second kappa shape index (κ2) is 2.00. The summed E-state index contributed by atoms with van der Waals surface area (Å²) in [6, 6.07) is 2.10. The van der Waals surface area contributed by atoms with Crippen LogP contribution < -0.4 is 0 Å². The summed E-state index contributed by atoms with van der Waals surface area (Å²) in [4.78, 5) is 0. The van der Waals surface area contributed by atoms with E-state index in [1.165, 1.54) is 12.8 Å². The lowest BCUT2D eigenvalue weighted by atomic mass is 10.2. The number of nitriles is 1. The average molecular weight is 107 g/mol. The maximum absolute atomic E-state index is 8.29. The van der Waals surface area contributed by atoms with Gasteiger partial charge in [0.05, 0.1) is 6.07 Å². The summed E-state index contributed by atoms with van der Waals surface area (Å²) >= 11 is 0. The standard InChI is InChI=1S/C7H9N/c1-6(5-8)4-7-2-3-7/h4,7H,2-3H2,1H3/b6-4-. The first-order valence-electron chi connectivity index (χ1n) is 2.91. The summed E-state index contributed by atoms with van der Waals surface area (Å²) in [6.07, 6.45) is 4.64. The summed E-state index contributed by atoms with van der Waals surface area (Å²) in [5.41, 5.74) is 0.868. The highest BCUT2D eigenvalue weighted by Gasteiger charge is 2.17. The first kappa shape index (κ1) is 5.37. The molecule has 1 aliphatic carbocycles. The predicted octanol–water partition coefficient (Wildman–Crippen LogP) is 1.87. The Balaban J connectivity index is 2.42. The molecule has 0 atom stereocenters. The highest BCUT2D eigenvalue weighted by molar-refractivity contribution is 5.19. The Bertz CT molecular complexity index is 146. The van der Waals surface area contributed by atoms with E-state index in [0.29, 0.717) is 0 Å². The number of hydrogen-bond donors (Lipinski definition) is 0. The zero-order valence-corrected chi connectivity index (χ0v) is 5.02. The third-order valence-corrected chi connectivity index (χ3v) is 1.28. The van der Waals surface area contributed by atoms with Crippen LogP contribution in [-0.4, -0.2) is 0 Å². The van der Waals surface area contributed by atoms with Gasteiger partial charge in [-0.05, 0) is 25.7 Å². The largest absolute Gasteiger partial charge is 0.193 e. The molecule has 0 heterocycles. The second-order valence-corrected chi connectivity index (χ2v) is 2.30. The van der Waals surface area contributed by atoms with Gasteiger partial charge in [-0.1, -0.05) is 6.08 Å². The minimum absolute atomic E-state index is 0.745. The second-order valence-electron chi connectivity index (χ2n) is 2.30. The maximum Gasteiger partial charge on any atom is 0.0940 e. The van der Waals surface area contributed by atoms with Crippen LogP contribution >= 0.6 is 0 Å². The molecule has 0 bridgehead atoms. The fraction of sp³-hybridized carbons (Fsp3) is 0.571. The van der Waals surface area contributed by atoms with Crippen LogP contribution in [0.1, 0.15) is 19.8 Å². The monoisotopic (exact) mass is 107 g/mol. The van der Waals surface area contributed by atoms with Crippen LogP contribution in [0.2, 0.25) is 0 Å². The van der Waals surface area contributed by atoms with Gasteiger partial charge in [-0.2, -0.15) is 5.26 Å². The van der Waals surface area contributed by atoms with Crippen molar-refractivity contribution in [2.45, 2.75) is 19.8 Å². The molecular weight excluding hydrogens is 98.1 g/mol. The smallest absolute Gasteiger partial charge is 0.0940 e. The number of rotatable bonds is 1. The van der Waals surface area contributed by atoms with Crippen molar-refractivity contribution >= 4 is 0 Å². The van der Waals surface area contributed by atoms with Crippen LogP contribution in [0, 0.1) is 17.2 Å². The molecule has 0 radical (unpaired) electrons. The summed E-state index contributed by atoms with van der Waals surface area (Å²) in [6.45, 7) is 1.86. The molecule has 1 aliphatic rings.